The molecular weight excluding hydrogens is 522 g/mol. The molecule has 1 unspecified atom stereocenters. The minimum absolute atomic E-state index is 0.141. The summed E-state index contributed by atoms with van der Waals surface area (Å²) in [6.45, 7) is 4.47. The molecule has 0 aliphatic carbocycles. The van der Waals surface area contributed by atoms with E-state index in [1.807, 2.05) is 48.5 Å². The lowest BCUT2D eigenvalue weighted by Crippen LogP contribution is -2.52. The first-order chi connectivity index (χ1) is 20.0. The lowest BCUT2D eigenvalue weighted by molar-refractivity contribution is -0.151. The molecule has 0 bridgehead atoms. The third kappa shape index (κ3) is 4.86. The lowest BCUT2D eigenvalue weighted by Gasteiger charge is -2.34. The third-order valence-corrected chi connectivity index (χ3v) is 7.97. The molecule has 3 aromatic carbocycles. The average molecular weight is 554 g/mol. The maximum Gasteiger partial charge on any atom is 0.325 e. The van der Waals surface area contributed by atoms with Gasteiger partial charge in [0.25, 0.3) is 11.8 Å². The molecule has 0 N–H and O–H groups in total. The molecule has 0 radical (unpaired) electrons. The number of imide groups is 1. The number of rotatable bonds is 6. The van der Waals surface area contributed by atoms with Gasteiger partial charge in [0.1, 0.15) is 12.6 Å². The number of carbonyl (C=O) groups excluding carboxylic acids is 4. The van der Waals surface area contributed by atoms with Crippen LogP contribution in [0, 0.1) is 0 Å². The van der Waals surface area contributed by atoms with Gasteiger partial charge in [-0.15, -0.1) is 0 Å². The molecule has 9 heteroatoms. The van der Waals surface area contributed by atoms with Gasteiger partial charge in [0.15, 0.2) is 0 Å². The second-order valence-corrected chi connectivity index (χ2v) is 10.3. The topological polar surface area (TPSA) is 96.5 Å². The molecule has 1 saturated heterocycles. The molecule has 3 aliphatic rings. The Balaban J connectivity index is 1.43. The van der Waals surface area contributed by atoms with Crippen molar-refractivity contribution in [2.24, 2.45) is 0 Å². The smallest absolute Gasteiger partial charge is 0.325 e. The van der Waals surface area contributed by atoms with E-state index in [1.54, 1.807) is 31.2 Å². The zero-order valence-corrected chi connectivity index (χ0v) is 22.8. The molecule has 0 spiro atoms. The van der Waals surface area contributed by atoms with Crippen LogP contribution in [-0.4, -0.2) is 79.0 Å². The Labute approximate surface area is 238 Å². The fourth-order valence-electron chi connectivity index (χ4n) is 6.03. The number of amides is 3. The Bertz CT molecular complexity index is 1460. The zero-order chi connectivity index (χ0) is 28.5. The van der Waals surface area contributed by atoms with Gasteiger partial charge in [-0.3, -0.25) is 24.1 Å². The van der Waals surface area contributed by atoms with Crippen molar-refractivity contribution >= 4 is 29.4 Å². The molecule has 1 fully saturated rings. The minimum Gasteiger partial charge on any atom is -0.465 e. The van der Waals surface area contributed by atoms with E-state index in [2.05, 4.69) is 4.90 Å². The van der Waals surface area contributed by atoms with Crippen LogP contribution >= 0.6 is 0 Å². The van der Waals surface area contributed by atoms with Crippen LogP contribution in [0.15, 0.2) is 72.8 Å². The van der Waals surface area contributed by atoms with E-state index >= 15 is 0 Å². The molecule has 0 saturated carbocycles. The van der Waals surface area contributed by atoms with E-state index in [9.17, 15) is 19.2 Å². The Morgan fingerprint density at radius 3 is 2.17 bits per heavy atom. The summed E-state index contributed by atoms with van der Waals surface area (Å²) in [7, 11) is 0. The predicted molar refractivity (Wildman–Crippen MR) is 151 cm³/mol. The van der Waals surface area contributed by atoms with Gasteiger partial charge < -0.3 is 19.3 Å². The Morgan fingerprint density at radius 1 is 0.878 bits per heavy atom. The van der Waals surface area contributed by atoms with Crippen molar-refractivity contribution in [3.63, 3.8) is 0 Å². The number of hydrogen-bond donors (Lipinski definition) is 0. The van der Waals surface area contributed by atoms with Gasteiger partial charge in [0.2, 0.25) is 5.91 Å². The number of anilines is 1. The highest BCUT2D eigenvalue weighted by Crippen LogP contribution is 2.38. The summed E-state index contributed by atoms with van der Waals surface area (Å²) in [5.74, 6) is -2.06. The lowest BCUT2D eigenvalue weighted by atomic mass is 9.92. The number of morpholine rings is 1. The summed E-state index contributed by atoms with van der Waals surface area (Å²) in [5.41, 5.74) is 4.07. The number of hydrogen-bond acceptors (Lipinski definition) is 7. The van der Waals surface area contributed by atoms with Crippen molar-refractivity contribution < 1.29 is 28.7 Å². The average Bonchev–Trinajstić information content (AvgIpc) is 3.19. The minimum atomic E-state index is -1.12. The van der Waals surface area contributed by atoms with Gasteiger partial charge in [-0.2, -0.15) is 0 Å². The fourth-order valence-corrected chi connectivity index (χ4v) is 6.03. The Hall–Kier alpha value is -4.50. The van der Waals surface area contributed by atoms with Crippen LogP contribution in [-0.2, 0) is 25.5 Å². The molecule has 3 aliphatic heterocycles. The van der Waals surface area contributed by atoms with Gasteiger partial charge in [0.05, 0.1) is 37.0 Å². The molecular formula is C32H31N3O6. The van der Waals surface area contributed by atoms with Crippen molar-refractivity contribution in [3.05, 3.63) is 101 Å². The fraction of sp³-hybridized carbons (Fsp3) is 0.312. The van der Waals surface area contributed by atoms with Gasteiger partial charge in [-0.1, -0.05) is 48.5 Å². The van der Waals surface area contributed by atoms with Crippen LogP contribution in [0.5, 0.6) is 0 Å². The molecule has 3 amide bonds. The normalized spacial score (nSPS) is 20.5. The number of ether oxygens (including phenoxy) is 2. The number of nitrogens with zero attached hydrogens (tertiary/aromatic N) is 3. The number of carbonyl (C=O) groups is 4. The largest absolute Gasteiger partial charge is 0.465 e. The van der Waals surface area contributed by atoms with E-state index < -0.39 is 35.8 Å². The van der Waals surface area contributed by atoms with Crippen molar-refractivity contribution in [1.29, 1.82) is 0 Å². The van der Waals surface area contributed by atoms with Crippen LogP contribution in [0.1, 0.15) is 50.4 Å². The highest BCUT2D eigenvalue weighted by molar-refractivity contribution is 6.23. The van der Waals surface area contributed by atoms with Crippen molar-refractivity contribution in [1.82, 2.24) is 9.80 Å². The second-order valence-electron chi connectivity index (χ2n) is 10.3. The van der Waals surface area contributed by atoms with E-state index in [4.69, 9.17) is 9.47 Å². The predicted octanol–water partition coefficient (Wildman–Crippen LogP) is 3.23. The standard InChI is InChI=1S/C32H31N3O6/c1-2-41-28(36)20-34-29(21-11-13-23(14-12-21)33-15-17-40-18-16-33)24-8-4-3-7-22(24)19-27(32(34)39)35-30(37)25-9-5-6-10-26(25)31(35)38/h3-14,27,29H,2,15-20H2,1H3/t27-,29?/m0/s1. The van der Waals surface area contributed by atoms with Crippen molar-refractivity contribution in [2.45, 2.75) is 25.4 Å². The third-order valence-electron chi connectivity index (χ3n) is 7.97. The van der Waals surface area contributed by atoms with Crippen molar-refractivity contribution in [2.75, 3.05) is 44.4 Å². The molecule has 9 nitrogen and oxygen atoms in total. The molecule has 210 valence electrons. The summed E-state index contributed by atoms with van der Waals surface area (Å²) in [6, 6.07) is 20.4. The summed E-state index contributed by atoms with van der Waals surface area (Å²) in [4.78, 5) is 59.0. The maximum absolute atomic E-state index is 14.4. The summed E-state index contributed by atoms with van der Waals surface area (Å²) < 4.78 is 10.7. The maximum atomic E-state index is 14.4. The van der Waals surface area contributed by atoms with Gasteiger partial charge in [-0.05, 0) is 47.9 Å². The number of esters is 1. The van der Waals surface area contributed by atoms with Crippen molar-refractivity contribution in [3.8, 4) is 0 Å². The molecule has 2 atom stereocenters. The van der Waals surface area contributed by atoms with E-state index in [1.165, 1.54) is 4.90 Å². The Kier molecular flexibility index (Phi) is 7.28. The molecule has 0 aromatic heterocycles. The first-order valence-corrected chi connectivity index (χ1v) is 13.9. The SMILES string of the molecule is CCOC(=O)CN1C(=O)[C@@H](N2C(=O)c3ccccc3C2=O)Cc2ccccc2C1c1ccc(N2CCOCC2)cc1. The molecule has 41 heavy (non-hydrogen) atoms. The van der Waals surface area contributed by atoms with Gasteiger partial charge >= 0.3 is 5.97 Å². The van der Waals surface area contributed by atoms with Crippen LogP contribution in [0.3, 0.4) is 0 Å². The van der Waals surface area contributed by atoms with E-state index in [0.29, 0.717) is 13.2 Å². The van der Waals surface area contributed by atoms with Gasteiger partial charge in [-0.25, -0.2) is 0 Å². The van der Waals surface area contributed by atoms with E-state index in [-0.39, 0.29) is 30.7 Å². The molecule has 3 aromatic rings. The number of fused-ring (bicyclic) bond motifs is 2. The first-order valence-electron chi connectivity index (χ1n) is 13.9. The van der Waals surface area contributed by atoms with Crippen LogP contribution in [0.2, 0.25) is 0 Å². The second kappa shape index (κ2) is 11.2. The summed E-state index contributed by atoms with van der Waals surface area (Å²) >= 11 is 0. The summed E-state index contributed by atoms with van der Waals surface area (Å²) in [6.07, 6.45) is 0.141. The Morgan fingerprint density at radius 2 is 1.51 bits per heavy atom. The quantitative estimate of drug-likeness (QED) is 0.342. The molecule has 3 heterocycles. The monoisotopic (exact) mass is 553 g/mol. The van der Waals surface area contributed by atoms with Crippen LogP contribution < -0.4 is 4.90 Å². The van der Waals surface area contributed by atoms with E-state index in [0.717, 1.165) is 40.4 Å². The first kappa shape index (κ1) is 26.7. The summed E-state index contributed by atoms with van der Waals surface area (Å²) in [5, 5.41) is 0. The molecule has 6 rings (SSSR count). The highest BCUT2D eigenvalue weighted by atomic mass is 16.5. The number of benzene rings is 3. The van der Waals surface area contributed by atoms with Crippen LogP contribution in [0.25, 0.3) is 0 Å². The highest BCUT2D eigenvalue weighted by Gasteiger charge is 2.47. The zero-order valence-electron chi connectivity index (χ0n) is 22.8. The van der Waals surface area contributed by atoms with Gasteiger partial charge in [0, 0.05) is 25.2 Å². The van der Waals surface area contributed by atoms with Crippen LogP contribution in [0.4, 0.5) is 5.69 Å².